The molecule has 116 valence electrons. The molecule has 0 amide bonds. The van der Waals surface area contributed by atoms with E-state index in [9.17, 15) is 9.18 Å². The van der Waals surface area contributed by atoms with E-state index in [2.05, 4.69) is 4.90 Å². The molecule has 0 radical (unpaired) electrons. The van der Waals surface area contributed by atoms with Crippen LogP contribution in [0.1, 0.15) is 45.1 Å². The quantitative estimate of drug-likeness (QED) is 0.778. The molecule has 0 N–H and O–H groups in total. The monoisotopic (exact) mass is 293 g/mol. The van der Waals surface area contributed by atoms with Gasteiger partial charge in [-0.05, 0) is 57.5 Å². The van der Waals surface area contributed by atoms with Crippen LogP contribution in [0.25, 0.3) is 0 Å². The van der Waals surface area contributed by atoms with Crippen LogP contribution in [0.15, 0.2) is 24.3 Å². The number of piperidine rings is 1. The van der Waals surface area contributed by atoms with Gasteiger partial charge in [0.25, 0.3) is 0 Å². The standard InChI is InChI=1S/C17H24FNO2/c1-3-21-16(20)13-17(2,19-10-5-4-6-11-19)14-8-7-9-15(18)12-14/h7-9,12H,3-6,10-11,13H2,1-2H3. The molecule has 1 unspecified atom stereocenters. The maximum absolute atomic E-state index is 13.6. The molecule has 0 bridgehead atoms. The number of hydrogen-bond donors (Lipinski definition) is 0. The summed E-state index contributed by atoms with van der Waals surface area (Å²) in [5.74, 6) is -0.491. The summed E-state index contributed by atoms with van der Waals surface area (Å²) >= 11 is 0. The molecule has 0 aromatic heterocycles. The second kappa shape index (κ2) is 7.03. The molecule has 1 heterocycles. The van der Waals surface area contributed by atoms with Crippen LogP contribution in [0.2, 0.25) is 0 Å². The van der Waals surface area contributed by atoms with E-state index in [1.165, 1.54) is 18.6 Å². The van der Waals surface area contributed by atoms with Gasteiger partial charge in [-0.3, -0.25) is 9.69 Å². The van der Waals surface area contributed by atoms with Gasteiger partial charge in [0.2, 0.25) is 0 Å². The second-order valence-corrected chi connectivity index (χ2v) is 5.81. The van der Waals surface area contributed by atoms with Crippen molar-refractivity contribution >= 4 is 5.97 Å². The second-order valence-electron chi connectivity index (χ2n) is 5.81. The fourth-order valence-corrected chi connectivity index (χ4v) is 3.10. The minimum atomic E-state index is -0.505. The number of likely N-dealkylation sites (tertiary alicyclic amines) is 1. The lowest BCUT2D eigenvalue weighted by molar-refractivity contribution is -0.146. The summed E-state index contributed by atoms with van der Waals surface area (Å²) in [6.45, 7) is 6.07. The smallest absolute Gasteiger partial charge is 0.307 e. The molecule has 1 aliphatic heterocycles. The summed E-state index contributed by atoms with van der Waals surface area (Å²) in [5, 5.41) is 0. The lowest BCUT2D eigenvalue weighted by Crippen LogP contribution is -2.48. The molecular formula is C17H24FNO2. The first-order valence-corrected chi connectivity index (χ1v) is 7.73. The van der Waals surface area contributed by atoms with E-state index in [0.717, 1.165) is 31.5 Å². The van der Waals surface area contributed by atoms with Crippen molar-refractivity contribution in [3.63, 3.8) is 0 Å². The summed E-state index contributed by atoms with van der Waals surface area (Å²) in [6.07, 6.45) is 3.71. The van der Waals surface area contributed by atoms with Gasteiger partial charge in [-0.15, -0.1) is 0 Å². The first-order valence-electron chi connectivity index (χ1n) is 7.73. The highest BCUT2D eigenvalue weighted by atomic mass is 19.1. The molecule has 1 atom stereocenters. The third-order valence-corrected chi connectivity index (χ3v) is 4.29. The van der Waals surface area contributed by atoms with Crippen LogP contribution in [-0.2, 0) is 15.1 Å². The van der Waals surface area contributed by atoms with Gasteiger partial charge >= 0.3 is 5.97 Å². The highest BCUT2D eigenvalue weighted by Crippen LogP contribution is 2.34. The fraction of sp³-hybridized carbons (Fsp3) is 0.588. The molecule has 2 rings (SSSR count). The zero-order valence-electron chi connectivity index (χ0n) is 12.9. The van der Waals surface area contributed by atoms with Crippen LogP contribution in [0.5, 0.6) is 0 Å². The first kappa shape index (κ1) is 16.0. The molecule has 0 spiro atoms. The molecule has 1 saturated heterocycles. The minimum Gasteiger partial charge on any atom is -0.466 e. The Balaban J connectivity index is 2.30. The van der Waals surface area contributed by atoms with Gasteiger partial charge in [-0.25, -0.2) is 4.39 Å². The molecule has 4 heteroatoms. The maximum atomic E-state index is 13.6. The number of benzene rings is 1. The normalized spacial score (nSPS) is 19.0. The van der Waals surface area contributed by atoms with Crippen molar-refractivity contribution in [2.45, 2.75) is 45.1 Å². The summed E-state index contributed by atoms with van der Waals surface area (Å²) < 4.78 is 18.7. The summed E-state index contributed by atoms with van der Waals surface area (Å²) in [7, 11) is 0. The molecule has 3 nitrogen and oxygen atoms in total. The average Bonchev–Trinajstić information content (AvgIpc) is 2.48. The number of carbonyl (C=O) groups is 1. The predicted molar refractivity (Wildman–Crippen MR) is 80.4 cm³/mol. The molecule has 1 fully saturated rings. The maximum Gasteiger partial charge on any atom is 0.307 e. The van der Waals surface area contributed by atoms with Gasteiger partial charge in [-0.1, -0.05) is 18.6 Å². The number of nitrogens with zero attached hydrogens (tertiary/aromatic N) is 1. The Bertz CT molecular complexity index is 485. The molecule has 1 aliphatic rings. The van der Waals surface area contributed by atoms with Crippen molar-refractivity contribution < 1.29 is 13.9 Å². The van der Waals surface area contributed by atoms with E-state index in [0.29, 0.717) is 6.61 Å². The van der Waals surface area contributed by atoms with E-state index < -0.39 is 5.54 Å². The summed E-state index contributed by atoms with van der Waals surface area (Å²) in [4.78, 5) is 14.3. The zero-order chi connectivity index (χ0) is 15.3. The van der Waals surface area contributed by atoms with Gasteiger partial charge in [0.05, 0.1) is 18.6 Å². The van der Waals surface area contributed by atoms with E-state index in [1.54, 1.807) is 13.0 Å². The number of carbonyl (C=O) groups excluding carboxylic acids is 1. The number of halogens is 1. The Hall–Kier alpha value is -1.42. The van der Waals surface area contributed by atoms with Gasteiger partial charge in [0.1, 0.15) is 5.82 Å². The van der Waals surface area contributed by atoms with E-state index in [1.807, 2.05) is 13.0 Å². The number of rotatable bonds is 5. The average molecular weight is 293 g/mol. The van der Waals surface area contributed by atoms with E-state index in [-0.39, 0.29) is 18.2 Å². The van der Waals surface area contributed by atoms with E-state index in [4.69, 9.17) is 4.74 Å². The van der Waals surface area contributed by atoms with Crippen LogP contribution in [-0.4, -0.2) is 30.6 Å². The SMILES string of the molecule is CCOC(=O)CC(C)(c1cccc(F)c1)N1CCCCC1. The van der Waals surface area contributed by atoms with Crippen LogP contribution in [0, 0.1) is 5.82 Å². The van der Waals surface area contributed by atoms with E-state index >= 15 is 0 Å². The molecule has 1 aromatic rings. The summed E-state index contributed by atoms with van der Waals surface area (Å²) in [6, 6.07) is 6.58. The van der Waals surface area contributed by atoms with Crippen molar-refractivity contribution in [1.29, 1.82) is 0 Å². The summed E-state index contributed by atoms with van der Waals surface area (Å²) in [5.41, 5.74) is 0.340. The zero-order valence-corrected chi connectivity index (χ0v) is 12.9. The Morgan fingerprint density at radius 2 is 2.05 bits per heavy atom. The highest BCUT2D eigenvalue weighted by Gasteiger charge is 2.37. The topological polar surface area (TPSA) is 29.5 Å². The van der Waals surface area contributed by atoms with Crippen molar-refractivity contribution in [3.8, 4) is 0 Å². The largest absolute Gasteiger partial charge is 0.466 e. The van der Waals surface area contributed by atoms with Crippen molar-refractivity contribution in [2.75, 3.05) is 19.7 Å². The van der Waals surface area contributed by atoms with Crippen LogP contribution < -0.4 is 0 Å². The van der Waals surface area contributed by atoms with Crippen LogP contribution in [0.4, 0.5) is 4.39 Å². The van der Waals surface area contributed by atoms with Gasteiger partial charge < -0.3 is 4.74 Å². The number of esters is 1. The van der Waals surface area contributed by atoms with Gasteiger partial charge in [0.15, 0.2) is 0 Å². The third kappa shape index (κ3) is 3.82. The molecule has 21 heavy (non-hydrogen) atoms. The molecular weight excluding hydrogens is 269 g/mol. The van der Waals surface area contributed by atoms with Gasteiger partial charge in [-0.2, -0.15) is 0 Å². The molecule has 0 saturated carbocycles. The Labute approximate surface area is 126 Å². The molecule has 1 aromatic carbocycles. The van der Waals surface area contributed by atoms with Crippen LogP contribution in [0.3, 0.4) is 0 Å². The lowest BCUT2D eigenvalue weighted by atomic mass is 9.85. The Morgan fingerprint density at radius 3 is 2.67 bits per heavy atom. The van der Waals surface area contributed by atoms with Crippen molar-refractivity contribution in [3.05, 3.63) is 35.6 Å². The van der Waals surface area contributed by atoms with Crippen molar-refractivity contribution in [2.24, 2.45) is 0 Å². The van der Waals surface area contributed by atoms with Crippen LogP contribution >= 0.6 is 0 Å². The van der Waals surface area contributed by atoms with Gasteiger partial charge in [0, 0.05) is 0 Å². The number of hydrogen-bond acceptors (Lipinski definition) is 3. The Morgan fingerprint density at radius 1 is 1.33 bits per heavy atom. The van der Waals surface area contributed by atoms with Crippen molar-refractivity contribution in [1.82, 2.24) is 4.90 Å². The predicted octanol–water partition coefficient (Wildman–Crippen LogP) is 3.48. The molecule has 0 aliphatic carbocycles. The minimum absolute atomic E-state index is 0.227. The number of ether oxygens (including phenoxy) is 1. The first-order chi connectivity index (χ1) is 10.1. The Kier molecular flexibility index (Phi) is 5.34. The highest BCUT2D eigenvalue weighted by molar-refractivity contribution is 5.71. The fourth-order valence-electron chi connectivity index (χ4n) is 3.10. The third-order valence-electron chi connectivity index (χ3n) is 4.29. The lowest BCUT2D eigenvalue weighted by Gasteiger charge is -2.43.